The SMILES string of the molecule is Cc1ccc2c(c1)c(=O)cc(C(F)(F)F)n2CC1(O)CCNCC1. The molecule has 2 aromatic rings. The monoisotopic (exact) mass is 340 g/mol. The molecular formula is C17H19F3N2O2. The number of fused-ring (bicyclic) bond motifs is 1. The smallest absolute Gasteiger partial charge is 0.388 e. The normalized spacial score (nSPS) is 18.0. The molecule has 2 N–H and O–H groups in total. The van der Waals surface area contributed by atoms with E-state index in [1.807, 2.05) is 0 Å². The van der Waals surface area contributed by atoms with Gasteiger partial charge in [0.25, 0.3) is 0 Å². The van der Waals surface area contributed by atoms with Crippen molar-refractivity contribution < 1.29 is 18.3 Å². The van der Waals surface area contributed by atoms with E-state index < -0.39 is 22.9 Å². The second-order valence-corrected chi connectivity index (χ2v) is 6.47. The summed E-state index contributed by atoms with van der Waals surface area (Å²) in [4.78, 5) is 12.1. The summed E-state index contributed by atoms with van der Waals surface area (Å²) in [5.41, 5.74) is -1.90. The zero-order valence-corrected chi connectivity index (χ0v) is 13.3. The molecule has 1 aromatic carbocycles. The van der Waals surface area contributed by atoms with Gasteiger partial charge < -0.3 is 15.0 Å². The number of nitrogens with one attached hydrogen (secondary N) is 1. The zero-order valence-electron chi connectivity index (χ0n) is 13.3. The van der Waals surface area contributed by atoms with E-state index in [1.54, 1.807) is 19.1 Å². The number of piperidine rings is 1. The van der Waals surface area contributed by atoms with E-state index in [0.29, 0.717) is 32.0 Å². The van der Waals surface area contributed by atoms with E-state index in [0.717, 1.165) is 10.1 Å². The molecule has 2 heterocycles. The first-order valence-electron chi connectivity index (χ1n) is 7.84. The van der Waals surface area contributed by atoms with E-state index in [2.05, 4.69) is 5.32 Å². The van der Waals surface area contributed by atoms with E-state index in [4.69, 9.17) is 0 Å². The number of aryl methyl sites for hydroxylation is 1. The van der Waals surface area contributed by atoms with Crippen molar-refractivity contribution in [3.63, 3.8) is 0 Å². The second kappa shape index (κ2) is 5.89. The molecule has 1 fully saturated rings. The van der Waals surface area contributed by atoms with E-state index in [9.17, 15) is 23.1 Å². The Morgan fingerprint density at radius 2 is 1.92 bits per heavy atom. The predicted octanol–water partition coefficient (Wildman–Crippen LogP) is 2.44. The number of pyridine rings is 1. The van der Waals surface area contributed by atoms with Crippen LogP contribution in [0.25, 0.3) is 10.9 Å². The summed E-state index contributed by atoms with van der Waals surface area (Å²) in [7, 11) is 0. The van der Waals surface area contributed by atoms with E-state index >= 15 is 0 Å². The van der Waals surface area contributed by atoms with Gasteiger partial charge in [0.05, 0.1) is 17.7 Å². The minimum atomic E-state index is -4.67. The summed E-state index contributed by atoms with van der Waals surface area (Å²) in [5, 5.41) is 14.0. The number of hydrogen-bond acceptors (Lipinski definition) is 3. The molecule has 1 aliphatic rings. The van der Waals surface area contributed by atoms with Crippen LogP contribution >= 0.6 is 0 Å². The quantitative estimate of drug-likeness (QED) is 0.883. The van der Waals surface area contributed by atoms with Gasteiger partial charge in [0.15, 0.2) is 5.43 Å². The molecule has 0 aliphatic carbocycles. The van der Waals surface area contributed by atoms with Crippen LogP contribution in [0, 0.1) is 6.92 Å². The lowest BCUT2D eigenvalue weighted by Gasteiger charge is -2.34. The molecule has 0 saturated carbocycles. The summed E-state index contributed by atoms with van der Waals surface area (Å²) < 4.78 is 41.4. The zero-order chi connectivity index (χ0) is 17.5. The van der Waals surface area contributed by atoms with Crippen LogP contribution in [-0.2, 0) is 12.7 Å². The number of halogens is 3. The van der Waals surface area contributed by atoms with Crippen molar-refractivity contribution in [2.45, 2.75) is 38.1 Å². The maximum absolute atomic E-state index is 13.5. The van der Waals surface area contributed by atoms with Gasteiger partial charge in [-0.2, -0.15) is 13.2 Å². The highest BCUT2D eigenvalue weighted by atomic mass is 19.4. The topological polar surface area (TPSA) is 54.3 Å². The molecule has 0 unspecified atom stereocenters. The van der Waals surface area contributed by atoms with Gasteiger partial charge in [0.2, 0.25) is 0 Å². The number of hydrogen-bond donors (Lipinski definition) is 2. The summed E-state index contributed by atoms with van der Waals surface area (Å²) in [5.74, 6) is 0. The van der Waals surface area contributed by atoms with E-state index in [-0.39, 0.29) is 17.4 Å². The average molecular weight is 340 g/mol. The number of alkyl halides is 3. The minimum absolute atomic E-state index is 0.191. The van der Waals surface area contributed by atoms with Crippen LogP contribution in [0.1, 0.15) is 24.1 Å². The van der Waals surface area contributed by atoms with Crippen molar-refractivity contribution in [3.05, 3.63) is 45.7 Å². The van der Waals surface area contributed by atoms with Crippen molar-refractivity contribution >= 4 is 10.9 Å². The molecule has 0 amide bonds. The lowest BCUT2D eigenvalue weighted by molar-refractivity contribution is -0.145. The molecule has 0 spiro atoms. The first-order valence-corrected chi connectivity index (χ1v) is 7.84. The van der Waals surface area contributed by atoms with Crippen molar-refractivity contribution in [2.75, 3.05) is 13.1 Å². The molecule has 1 aromatic heterocycles. The Morgan fingerprint density at radius 3 is 2.54 bits per heavy atom. The summed E-state index contributed by atoms with van der Waals surface area (Å²) in [6, 6.07) is 5.41. The highest BCUT2D eigenvalue weighted by Crippen LogP contribution is 2.33. The van der Waals surface area contributed by atoms with Gasteiger partial charge in [0.1, 0.15) is 5.69 Å². The largest absolute Gasteiger partial charge is 0.431 e. The Hall–Kier alpha value is -1.86. The van der Waals surface area contributed by atoms with E-state index in [1.165, 1.54) is 6.07 Å². The van der Waals surface area contributed by atoms with Gasteiger partial charge in [-0.15, -0.1) is 0 Å². The fourth-order valence-electron chi connectivity index (χ4n) is 3.24. The third-order valence-corrected chi connectivity index (χ3v) is 4.54. The second-order valence-electron chi connectivity index (χ2n) is 6.47. The molecule has 3 rings (SSSR count). The lowest BCUT2D eigenvalue weighted by Crippen LogP contribution is -2.45. The van der Waals surface area contributed by atoms with Gasteiger partial charge in [-0.25, -0.2) is 0 Å². The van der Waals surface area contributed by atoms with Gasteiger partial charge in [-0.05, 0) is 45.0 Å². The number of aliphatic hydroxyl groups is 1. The predicted molar refractivity (Wildman–Crippen MR) is 85.0 cm³/mol. The van der Waals surface area contributed by atoms with Crippen LogP contribution in [0.5, 0.6) is 0 Å². The fraction of sp³-hybridized carbons (Fsp3) is 0.471. The lowest BCUT2D eigenvalue weighted by atomic mass is 9.92. The summed E-state index contributed by atoms with van der Waals surface area (Å²) >= 11 is 0. The van der Waals surface area contributed by atoms with Crippen molar-refractivity contribution in [1.82, 2.24) is 9.88 Å². The summed E-state index contributed by atoms with van der Waals surface area (Å²) in [6.07, 6.45) is -3.94. The van der Waals surface area contributed by atoms with Crippen LogP contribution in [0.2, 0.25) is 0 Å². The van der Waals surface area contributed by atoms with Crippen molar-refractivity contribution in [3.8, 4) is 0 Å². The Labute approximate surface area is 136 Å². The third-order valence-electron chi connectivity index (χ3n) is 4.54. The molecule has 0 atom stereocenters. The number of aromatic nitrogens is 1. The Kier molecular flexibility index (Phi) is 4.17. The van der Waals surface area contributed by atoms with Crippen LogP contribution in [0.4, 0.5) is 13.2 Å². The molecule has 7 heteroatoms. The highest BCUT2D eigenvalue weighted by Gasteiger charge is 2.38. The Balaban J connectivity index is 2.22. The first kappa shape index (κ1) is 17.0. The highest BCUT2D eigenvalue weighted by molar-refractivity contribution is 5.80. The molecule has 1 aliphatic heterocycles. The van der Waals surface area contributed by atoms with Crippen molar-refractivity contribution in [2.24, 2.45) is 0 Å². The summed E-state index contributed by atoms with van der Waals surface area (Å²) in [6.45, 7) is 2.69. The Morgan fingerprint density at radius 1 is 1.25 bits per heavy atom. The molecule has 0 radical (unpaired) electrons. The third kappa shape index (κ3) is 3.18. The van der Waals surface area contributed by atoms with Gasteiger partial charge >= 0.3 is 6.18 Å². The molecule has 1 saturated heterocycles. The molecule has 24 heavy (non-hydrogen) atoms. The number of nitrogens with zero attached hydrogens (tertiary/aromatic N) is 1. The fourth-order valence-corrected chi connectivity index (χ4v) is 3.24. The minimum Gasteiger partial charge on any atom is -0.388 e. The van der Waals surface area contributed by atoms with Gasteiger partial charge in [-0.3, -0.25) is 4.79 Å². The molecule has 0 bridgehead atoms. The van der Waals surface area contributed by atoms with Gasteiger partial charge in [-0.1, -0.05) is 11.6 Å². The number of rotatable bonds is 2. The van der Waals surface area contributed by atoms with Crippen LogP contribution < -0.4 is 10.7 Å². The Bertz CT molecular complexity index is 821. The number of benzene rings is 1. The molecular weight excluding hydrogens is 321 g/mol. The maximum Gasteiger partial charge on any atom is 0.431 e. The maximum atomic E-state index is 13.5. The molecule has 4 nitrogen and oxygen atoms in total. The van der Waals surface area contributed by atoms with Crippen LogP contribution in [-0.4, -0.2) is 28.4 Å². The van der Waals surface area contributed by atoms with Crippen molar-refractivity contribution in [1.29, 1.82) is 0 Å². The van der Waals surface area contributed by atoms with Gasteiger partial charge in [0, 0.05) is 11.5 Å². The van der Waals surface area contributed by atoms with Crippen LogP contribution in [0.15, 0.2) is 29.1 Å². The average Bonchev–Trinajstić information content (AvgIpc) is 2.49. The van der Waals surface area contributed by atoms with Crippen LogP contribution in [0.3, 0.4) is 0 Å². The standard InChI is InChI=1S/C17H19F3N2O2/c1-11-2-3-13-12(8-11)14(23)9-15(17(18,19)20)22(13)10-16(24)4-6-21-7-5-16/h2-3,8-9,21,24H,4-7,10H2,1H3. The first-order chi connectivity index (χ1) is 11.2. The molecule has 130 valence electrons.